The normalized spacial score (nSPS) is 13.1. The van der Waals surface area contributed by atoms with Gasteiger partial charge in [0.15, 0.2) is 0 Å². The molecule has 2 heteroatoms. The van der Waals surface area contributed by atoms with E-state index in [0.29, 0.717) is 0 Å². The van der Waals surface area contributed by atoms with Gasteiger partial charge in [-0.2, -0.15) is 0 Å². The Bertz CT molecular complexity index is 1130. The van der Waals surface area contributed by atoms with Crippen LogP contribution in [0.25, 0.3) is 22.3 Å². The van der Waals surface area contributed by atoms with Crippen molar-refractivity contribution >= 4 is 11.4 Å². The van der Waals surface area contributed by atoms with E-state index in [1.165, 1.54) is 44.5 Å². The molecule has 4 aromatic rings. The van der Waals surface area contributed by atoms with Crippen molar-refractivity contribution in [2.24, 2.45) is 0 Å². The Kier molecular flexibility index (Phi) is 4.76. The van der Waals surface area contributed by atoms with Crippen LogP contribution < -0.4 is 11.5 Å². The number of nitrogen functional groups attached to an aromatic ring is 2. The third-order valence-corrected chi connectivity index (χ3v) is 6.11. The van der Waals surface area contributed by atoms with Crippen molar-refractivity contribution in [1.82, 2.24) is 0 Å². The Morgan fingerprint density at radius 1 is 0.467 bits per heavy atom. The van der Waals surface area contributed by atoms with Gasteiger partial charge in [0.1, 0.15) is 0 Å². The molecule has 0 aromatic heterocycles. The first-order valence-corrected chi connectivity index (χ1v) is 10.6. The number of hydrogen-bond donors (Lipinski definition) is 2. The van der Waals surface area contributed by atoms with Crippen LogP contribution in [0, 0.1) is 0 Å². The molecule has 0 atom stereocenters. The summed E-state index contributed by atoms with van der Waals surface area (Å²) in [6.45, 7) is 0. The summed E-state index contributed by atoms with van der Waals surface area (Å²) in [5.74, 6) is 0. The van der Waals surface area contributed by atoms with Crippen LogP contribution in [0.3, 0.4) is 0 Å². The zero-order valence-corrected chi connectivity index (χ0v) is 17.1. The van der Waals surface area contributed by atoms with Crippen LogP contribution in [0.4, 0.5) is 11.4 Å². The van der Waals surface area contributed by atoms with Gasteiger partial charge in [-0.3, -0.25) is 0 Å². The average Bonchev–Trinajstić information content (AvgIpc) is 2.75. The predicted octanol–water partition coefficient (Wildman–Crippen LogP) is 6.07. The van der Waals surface area contributed by atoms with Gasteiger partial charge >= 0.3 is 0 Å². The van der Waals surface area contributed by atoms with E-state index < -0.39 is 0 Å². The van der Waals surface area contributed by atoms with Crippen LogP contribution in [0.15, 0.2) is 84.9 Å². The maximum absolute atomic E-state index is 6.07. The highest BCUT2D eigenvalue weighted by Gasteiger charge is 2.13. The number of nitrogens with two attached hydrogens (primary N) is 2. The highest BCUT2D eigenvalue weighted by atomic mass is 14.5. The second-order valence-corrected chi connectivity index (χ2v) is 8.23. The molecule has 0 radical (unpaired) electrons. The number of anilines is 2. The quantitative estimate of drug-likeness (QED) is 0.408. The lowest BCUT2D eigenvalue weighted by Gasteiger charge is -2.17. The van der Waals surface area contributed by atoms with Crippen LogP contribution in [0.1, 0.15) is 22.3 Å². The molecule has 0 heterocycles. The van der Waals surface area contributed by atoms with Gasteiger partial charge in [-0.15, -0.1) is 0 Å². The van der Waals surface area contributed by atoms with Gasteiger partial charge in [0.2, 0.25) is 0 Å². The summed E-state index contributed by atoms with van der Waals surface area (Å²) in [4.78, 5) is 0. The molecule has 0 fully saturated rings. The maximum atomic E-state index is 6.07. The summed E-state index contributed by atoms with van der Waals surface area (Å²) >= 11 is 0. The molecule has 0 saturated heterocycles. The molecule has 0 saturated carbocycles. The smallest absolute Gasteiger partial charge is 0.0320 e. The van der Waals surface area contributed by atoms with Gasteiger partial charge in [0, 0.05) is 11.4 Å². The monoisotopic (exact) mass is 390 g/mol. The van der Waals surface area contributed by atoms with Crippen LogP contribution >= 0.6 is 0 Å². The minimum absolute atomic E-state index is 0.812. The van der Waals surface area contributed by atoms with Gasteiger partial charge in [-0.25, -0.2) is 0 Å². The van der Waals surface area contributed by atoms with Crippen molar-refractivity contribution in [2.75, 3.05) is 11.5 Å². The summed E-state index contributed by atoms with van der Waals surface area (Å²) in [7, 11) is 0. The van der Waals surface area contributed by atoms with Crippen molar-refractivity contribution in [3.63, 3.8) is 0 Å². The van der Waals surface area contributed by atoms with E-state index in [1.807, 2.05) is 24.3 Å². The predicted molar refractivity (Wildman–Crippen MR) is 127 cm³/mol. The van der Waals surface area contributed by atoms with Crippen molar-refractivity contribution in [3.05, 3.63) is 107 Å². The zero-order valence-electron chi connectivity index (χ0n) is 17.1. The topological polar surface area (TPSA) is 52.0 Å². The largest absolute Gasteiger partial charge is 0.399 e. The molecule has 4 aliphatic rings. The van der Waals surface area contributed by atoms with Gasteiger partial charge < -0.3 is 11.5 Å². The zero-order chi connectivity index (χ0) is 20.5. The first kappa shape index (κ1) is 18.5. The molecule has 4 aromatic carbocycles. The fourth-order valence-corrected chi connectivity index (χ4v) is 4.50. The van der Waals surface area contributed by atoms with Crippen molar-refractivity contribution in [1.29, 1.82) is 0 Å². The summed E-state index contributed by atoms with van der Waals surface area (Å²) in [6.07, 6.45) is 4.01. The van der Waals surface area contributed by atoms with Gasteiger partial charge in [-0.05, 0) is 94.5 Å². The maximum Gasteiger partial charge on any atom is 0.0320 e. The Morgan fingerprint density at radius 3 is 1.37 bits per heavy atom. The SMILES string of the molecule is Nc1cccc(-c2cc3ccc2CCc2ccc(c(-c4cccc(N)c4)c2)CC3)c1. The van der Waals surface area contributed by atoms with Crippen LogP contribution in [0.5, 0.6) is 0 Å². The molecule has 0 unspecified atom stereocenters. The third kappa shape index (κ3) is 3.69. The number of benzene rings is 4. The molecule has 8 rings (SSSR count). The van der Waals surface area contributed by atoms with E-state index in [4.69, 9.17) is 11.5 Å². The molecule has 4 aliphatic carbocycles. The molecule has 0 spiro atoms. The lowest BCUT2D eigenvalue weighted by molar-refractivity contribution is 0.925. The second-order valence-electron chi connectivity index (χ2n) is 8.23. The first-order chi connectivity index (χ1) is 14.7. The lowest BCUT2D eigenvalue weighted by atomic mass is 9.87. The number of hydrogen-bond acceptors (Lipinski definition) is 2. The summed E-state index contributed by atoms with van der Waals surface area (Å²) in [6, 6.07) is 30.4. The Labute approximate surface area is 178 Å². The highest BCUT2D eigenvalue weighted by molar-refractivity contribution is 5.73. The molecule has 0 aliphatic heterocycles. The van der Waals surface area contributed by atoms with E-state index in [0.717, 1.165) is 37.1 Å². The molecule has 30 heavy (non-hydrogen) atoms. The molecule has 2 nitrogen and oxygen atoms in total. The molecule has 4 N–H and O–H groups in total. The molecular weight excluding hydrogens is 364 g/mol. The van der Waals surface area contributed by atoms with E-state index in [-0.39, 0.29) is 0 Å². The summed E-state index contributed by atoms with van der Waals surface area (Å²) < 4.78 is 0. The molecular formula is C28H26N2. The van der Waals surface area contributed by atoms with Gasteiger partial charge in [0.05, 0.1) is 0 Å². The van der Waals surface area contributed by atoms with E-state index in [9.17, 15) is 0 Å². The average molecular weight is 391 g/mol. The Balaban J connectivity index is 1.57. The first-order valence-electron chi connectivity index (χ1n) is 10.6. The Hall–Kier alpha value is -3.52. The fraction of sp³-hybridized carbons (Fsp3) is 0.143. The van der Waals surface area contributed by atoms with Gasteiger partial charge in [-0.1, -0.05) is 60.7 Å². The van der Waals surface area contributed by atoms with Gasteiger partial charge in [0.25, 0.3) is 0 Å². The summed E-state index contributed by atoms with van der Waals surface area (Å²) in [5, 5.41) is 0. The number of rotatable bonds is 2. The van der Waals surface area contributed by atoms with Crippen molar-refractivity contribution in [2.45, 2.75) is 25.7 Å². The van der Waals surface area contributed by atoms with E-state index in [2.05, 4.69) is 60.7 Å². The minimum atomic E-state index is 0.812. The minimum Gasteiger partial charge on any atom is -0.399 e. The Morgan fingerprint density at radius 2 is 0.933 bits per heavy atom. The summed E-state index contributed by atoms with van der Waals surface area (Å²) in [5.41, 5.74) is 24.3. The highest BCUT2D eigenvalue weighted by Crippen LogP contribution is 2.32. The van der Waals surface area contributed by atoms with E-state index >= 15 is 0 Å². The lowest BCUT2D eigenvalue weighted by Crippen LogP contribution is -2.02. The fourth-order valence-electron chi connectivity index (χ4n) is 4.50. The standard InChI is InChI=1S/C28H26N2/c29-25-5-1-3-23(17-25)27-15-19-7-11-21(27)13-9-20-8-12-22(14-10-19)28(16-20)24-4-2-6-26(30)18-24/h1-8,11-12,15-18H,9-10,13-14,29-30H2. The van der Waals surface area contributed by atoms with Crippen LogP contribution in [0.2, 0.25) is 0 Å². The number of aryl methyl sites for hydroxylation is 4. The molecule has 4 bridgehead atoms. The second kappa shape index (κ2) is 7.72. The molecule has 148 valence electrons. The van der Waals surface area contributed by atoms with Crippen LogP contribution in [-0.2, 0) is 25.7 Å². The van der Waals surface area contributed by atoms with Crippen LogP contribution in [-0.4, -0.2) is 0 Å². The molecule has 0 amide bonds. The third-order valence-electron chi connectivity index (χ3n) is 6.11. The van der Waals surface area contributed by atoms with E-state index in [1.54, 1.807) is 0 Å². The van der Waals surface area contributed by atoms with Crippen molar-refractivity contribution in [3.8, 4) is 22.3 Å². The van der Waals surface area contributed by atoms with Crippen molar-refractivity contribution < 1.29 is 0 Å².